The summed E-state index contributed by atoms with van der Waals surface area (Å²) in [6.45, 7) is 1.06. The van der Waals surface area contributed by atoms with E-state index in [-0.39, 0.29) is 12.4 Å². The van der Waals surface area contributed by atoms with Crippen molar-refractivity contribution in [2.45, 2.75) is 12.5 Å². The van der Waals surface area contributed by atoms with Gasteiger partial charge in [-0.1, -0.05) is 47.6 Å². The summed E-state index contributed by atoms with van der Waals surface area (Å²) in [6, 6.07) is 14.9. The van der Waals surface area contributed by atoms with Gasteiger partial charge in [0.15, 0.2) is 0 Å². The van der Waals surface area contributed by atoms with E-state index in [0.717, 1.165) is 29.7 Å². The van der Waals surface area contributed by atoms with Gasteiger partial charge in [0, 0.05) is 36.1 Å². The molecule has 23 heavy (non-hydrogen) atoms. The summed E-state index contributed by atoms with van der Waals surface area (Å²) in [5.74, 6) is 3.67. The molecule has 0 saturated carbocycles. The van der Waals surface area contributed by atoms with Gasteiger partial charge in [0.25, 0.3) is 0 Å². The molecule has 1 N–H and O–H groups in total. The van der Waals surface area contributed by atoms with E-state index in [1.807, 2.05) is 36.0 Å². The van der Waals surface area contributed by atoms with Crippen LogP contribution in [-0.2, 0) is 6.42 Å². The number of nitrogens with zero attached hydrogens (tertiary/aromatic N) is 2. The number of thioether (sulfide) groups is 1. The van der Waals surface area contributed by atoms with E-state index in [9.17, 15) is 0 Å². The SMILES string of the molecule is Cl.c1ccc2c(-c3noc(CC4CSCCN4)n3)cccc2c1. The first-order valence-corrected chi connectivity index (χ1v) is 8.67. The Morgan fingerprint density at radius 1 is 1.17 bits per heavy atom. The smallest absolute Gasteiger partial charge is 0.228 e. The molecule has 0 bridgehead atoms. The molecule has 1 atom stereocenters. The molecule has 4 rings (SSSR count). The third-order valence-electron chi connectivity index (χ3n) is 3.92. The molecular weight excluding hydrogens is 330 g/mol. The minimum atomic E-state index is 0. The molecule has 0 amide bonds. The molecule has 1 unspecified atom stereocenters. The number of aromatic nitrogens is 2. The highest BCUT2D eigenvalue weighted by atomic mass is 35.5. The van der Waals surface area contributed by atoms with Crippen molar-refractivity contribution in [2.75, 3.05) is 18.1 Å². The maximum Gasteiger partial charge on any atom is 0.228 e. The van der Waals surface area contributed by atoms with E-state index in [2.05, 4.69) is 33.7 Å². The van der Waals surface area contributed by atoms with E-state index in [1.165, 1.54) is 11.1 Å². The summed E-state index contributed by atoms with van der Waals surface area (Å²) in [6.07, 6.45) is 0.796. The highest BCUT2D eigenvalue weighted by Crippen LogP contribution is 2.26. The van der Waals surface area contributed by atoms with E-state index in [1.54, 1.807) is 0 Å². The van der Waals surface area contributed by atoms with Crippen molar-refractivity contribution in [3.05, 3.63) is 48.4 Å². The average molecular weight is 348 g/mol. The summed E-state index contributed by atoms with van der Waals surface area (Å²) in [7, 11) is 0. The van der Waals surface area contributed by atoms with Crippen LogP contribution < -0.4 is 5.32 Å². The lowest BCUT2D eigenvalue weighted by Gasteiger charge is -2.21. The Morgan fingerprint density at radius 2 is 2.04 bits per heavy atom. The van der Waals surface area contributed by atoms with Gasteiger partial charge in [0.1, 0.15) is 0 Å². The van der Waals surface area contributed by atoms with Crippen LogP contribution in [0.25, 0.3) is 22.2 Å². The Labute approximate surface area is 145 Å². The molecule has 1 saturated heterocycles. The second-order valence-electron chi connectivity index (χ2n) is 5.47. The fraction of sp³-hybridized carbons (Fsp3) is 0.294. The summed E-state index contributed by atoms with van der Waals surface area (Å²) in [5, 5.41) is 10.0. The van der Waals surface area contributed by atoms with E-state index < -0.39 is 0 Å². The molecule has 0 spiro atoms. The molecule has 1 aliphatic heterocycles. The molecule has 2 aromatic carbocycles. The summed E-state index contributed by atoms with van der Waals surface area (Å²) in [5.41, 5.74) is 1.03. The van der Waals surface area contributed by atoms with Gasteiger partial charge in [-0.3, -0.25) is 0 Å². The van der Waals surface area contributed by atoms with Crippen molar-refractivity contribution in [1.82, 2.24) is 15.5 Å². The largest absolute Gasteiger partial charge is 0.339 e. The lowest BCUT2D eigenvalue weighted by molar-refractivity contribution is 0.363. The number of hydrogen-bond acceptors (Lipinski definition) is 5. The topological polar surface area (TPSA) is 51.0 Å². The van der Waals surface area contributed by atoms with Crippen molar-refractivity contribution in [1.29, 1.82) is 0 Å². The quantitative estimate of drug-likeness (QED) is 0.785. The lowest BCUT2D eigenvalue weighted by Crippen LogP contribution is -2.38. The molecule has 1 aromatic heterocycles. The summed E-state index contributed by atoms with van der Waals surface area (Å²) < 4.78 is 5.46. The molecule has 1 aliphatic rings. The van der Waals surface area contributed by atoms with Crippen LogP contribution in [0.2, 0.25) is 0 Å². The zero-order valence-corrected chi connectivity index (χ0v) is 14.2. The van der Waals surface area contributed by atoms with Gasteiger partial charge < -0.3 is 9.84 Å². The number of nitrogens with one attached hydrogen (secondary N) is 1. The number of fused-ring (bicyclic) bond motifs is 1. The van der Waals surface area contributed by atoms with Gasteiger partial charge in [-0.25, -0.2) is 0 Å². The lowest BCUT2D eigenvalue weighted by atomic mass is 10.0. The Kier molecular flexibility index (Phi) is 5.20. The number of benzene rings is 2. The minimum Gasteiger partial charge on any atom is -0.339 e. The van der Waals surface area contributed by atoms with Gasteiger partial charge in [-0.15, -0.1) is 12.4 Å². The fourth-order valence-electron chi connectivity index (χ4n) is 2.83. The standard InChI is InChI=1S/C17H17N3OS.ClH/c1-2-6-14-12(4-1)5-3-7-15(14)17-19-16(21-20-17)10-13-11-22-9-8-18-13;/h1-7,13,18H,8-11H2;1H. The van der Waals surface area contributed by atoms with Gasteiger partial charge in [0.2, 0.25) is 11.7 Å². The van der Waals surface area contributed by atoms with Crippen LogP contribution in [-0.4, -0.2) is 34.2 Å². The van der Waals surface area contributed by atoms with Crippen LogP contribution >= 0.6 is 24.2 Å². The van der Waals surface area contributed by atoms with E-state index in [0.29, 0.717) is 17.8 Å². The second kappa shape index (κ2) is 7.34. The van der Waals surface area contributed by atoms with Crippen molar-refractivity contribution < 1.29 is 4.52 Å². The van der Waals surface area contributed by atoms with Gasteiger partial charge in [-0.2, -0.15) is 16.7 Å². The maximum absolute atomic E-state index is 5.46. The van der Waals surface area contributed by atoms with Crippen LogP contribution in [0.15, 0.2) is 47.0 Å². The first-order valence-electron chi connectivity index (χ1n) is 7.52. The van der Waals surface area contributed by atoms with Crippen molar-refractivity contribution in [2.24, 2.45) is 0 Å². The third-order valence-corrected chi connectivity index (χ3v) is 5.05. The minimum absolute atomic E-state index is 0. The Morgan fingerprint density at radius 3 is 2.91 bits per heavy atom. The van der Waals surface area contributed by atoms with Crippen LogP contribution in [0.3, 0.4) is 0 Å². The van der Waals surface area contributed by atoms with Gasteiger partial charge >= 0.3 is 0 Å². The molecule has 4 nitrogen and oxygen atoms in total. The zero-order valence-electron chi connectivity index (χ0n) is 12.6. The molecule has 120 valence electrons. The van der Waals surface area contributed by atoms with E-state index >= 15 is 0 Å². The molecule has 2 heterocycles. The molecule has 3 aromatic rings. The molecule has 1 fully saturated rings. The van der Waals surface area contributed by atoms with Crippen LogP contribution in [0, 0.1) is 0 Å². The van der Waals surface area contributed by atoms with Gasteiger partial charge in [-0.05, 0) is 10.8 Å². The number of halogens is 1. The highest BCUT2D eigenvalue weighted by molar-refractivity contribution is 7.99. The second-order valence-corrected chi connectivity index (χ2v) is 6.62. The first kappa shape index (κ1) is 16.3. The Balaban J connectivity index is 0.00000156. The number of hydrogen-bond donors (Lipinski definition) is 1. The van der Waals surface area contributed by atoms with Crippen molar-refractivity contribution in [3.63, 3.8) is 0 Å². The van der Waals surface area contributed by atoms with E-state index in [4.69, 9.17) is 4.52 Å². The van der Waals surface area contributed by atoms with Crippen LogP contribution in [0.5, 0.6) is 0 Å². The maximum atomic E-state index is 5.46. The third kappa shape index (κ3) is 3.52. The summed E-state index contributed by atoms with van der Waals surface area (Å²) >= 11 is 1.97. The van der Waals surface area contributed by atoms with Crippen LogP contribution in [0.1, 0.15) is 5.89 Å². The predicted octanol–water partition coefficient (Wildman–Crippen LogP) is 3.56. The normalized spacial score (nSPS) is 17.8. The zero-order chi connectivity index (χ0) is 14.8. The first-order chi connectivity index (χ1) is 10.9. The van der Waals surface area contributed by atoms with Crippen molar-refractivity contribution >= 4 is 34.9 Å². The Bertz CT molecular complexity index is 781. The number of rotatable bonds is 3. The van der Waals surface area contributed by atoms with Crippen LogP contribution in [0.4, 0.5) is 0 Å². The molecule has 6 heteroatoms. The summed E-state index contributed by atoms with van der Waals surface area (Å²) in [4.78, 5) is 4.60. The Hall–Kier alpha value is -1.56. The molecular formula is C17H18ClN3OS. The van der Waals surface area contributed by atoms with Gasteiger partial charge in [0.05, 0.1) is 0 Å². The average Bonchev–Trinajstić information content (AvgIpc) is 3.03. The molecule has 0 radical (unpaired) electrons. The fourth-order valence-corrected chi connectivity index (χ4v) is 3.78. The predicted molar refractivity (Wildman–Crippen MR) is 97.3 cm³/mol. The highest BCUT2D eigenvalue weighted by Gasteiger charge is 2.18. The van der Waals surface area contributed by atoms with Crippen molar-refractivity contribution in [3.8, 4) is 11.4 Å². The monoisotopic (exact) mass is 347 g/mol. The molecule has 0 aliphatic carbocycles.